The summed E-state index contributed by atoms with van der Waals surface area (Å²) in [6, 6.07) is 9.23. The number of alkyl carbamates (subject to hydrolysis) is 1. The van der Waals surface area contributed by atoms with Crippen LogP contribution in [0.5, 0.6) is 11.6 Å². The van der Waals surface area contributed by atoms with Gasteiger partial charge in [-0.3, -0.25) is 0 Å². The van der Waals surface area contributed by atoms with Crippen LogP contribution in [0.3, 0.4) is 0 Å². The molecule has 0 bridgehead atoms. The first-order valence-corrected chi connectivity index (χ1v) is 12.0. The van der Waals surface area contributed by atoms with Gasteiger partial charge in [0.25, 0.3) is 0 Å². The molecule has 36 heavy (non-hydrogen) atoms. The van der Waals surface area contributed by atoms with E-state index in [0.717, 1.165) is 21.3 Å². The second-order valence-corrected chi connectivity index (χ2v) is 9.11. The molecular formula is C24H22F2N4O5S. The standard InChI is InChI=1S/C24H22F2N4O5S/c1-13-8-16(21-18(9-13)29-20(11-28-21)35-23(25)26)22-30-17-3-2-14(10-19(17)36-22)33-7-5-27-24(31)34-15-4-6-32-12-15/h2-3,8-11,15,23H,4-7,12H2,1H3,(H,27,31). The van der Waals surface area contributed by atoms with Crippen LogP contribution in [0.1, 0.15) is 12.0 Å². The van der Waals surface area contributed by atoms with Gasteiger partial charge in [0, 0.05) is 12.0 Å². The number of hydrogen-bond acceptors (Lipinski definition) is 9. The molecule has 2 aromatic heterocycles. The third-order valence-electron chi connectivity index (χ3n) is 5.37. The van der Waals surface area contributed by atoms with Crippen molar-refractivity contribution in [2.75, 3.05) is 26.4 Å². The molecule has 5 rings (SSSR count). The number of rotatable bonds is 8. The number of carbonyl (C=O) groups is 1. The van der Waals surface area contributed by atoms with Crippen LogP contribution < -0.4 is 14.8 Å². The lowest BCUT2D eigenvalue weighted by Crippen LogP contribution is -2.32. The van der Waals surface area contributed by atoms with Crippen molar-refractivity contribution in [1.82, 2.24) is 20.3 Å². The zero-order valence-electron chi connectivity index (χ0n) is 19.2. The summed E-state index contributed by atoms with van der Waals surface area (Å²) < 4.78 is 46.6. The van der Waals surface area contributed by atoms with Gasteiger partial charge in [0.05, 0.1) is 47.2 Å². The van der Waals surface area contributed by atoms with Gasteiger partial charge in [0.2, 0.25) is 5.88 Å². The summed E-state index contributed by atoms with van der Waals surface area (Å²) in [5.74, 6) is 0.398. The van der Waals surface area contributed by atoms with E-state index in [-0.39, 0.29) is 18.6 Å². The highest BCUT2D eigenvalue weighted by molar-refractivity contribution is 7.21. The minimum atomic E-state index is -2.97. The molecule has 1 saturated heterocycles. The van der Waals surface area contributed by atoms with Gasteiger partial charge in [-0.25, -0.2) is 19.7 Å². The Labute approximate surface area is 208 Å². The normalized spacial score (nSPS) is 15.5. The number of fused-ring (bicyclic) bond motifs is 2. The lowest BCUT2D eigenvalue weighted by atomic mass is 10.1. The number of benzene rings is 2. The first kappa shape index (κ1) is 24.1. The second-order valence-electron chi connectivity index (χ2n) is 8.08. The molecule has 9 nitrogen and oxygen atoms in total. The number of carbonyl (C=O) groups excluding carboxylic acids is 1. The summed E-state index contributed by atoms with van der Waals surface area (Å²) in [7, 11) is 0. The van der Waals surface area contributed by atoms with Crippen LogP contribution in [-0.2, 0) is 9.47 Å². The Bertz CT molecular complexity index is 1390. The fraction of sp³-hybridized carbons (Fsp3) is 0.333. The molecule has 0 radical (unpaired) electrons. The SMILES string of the molecule is Cc1cc(-c2nc3ccc(OCCNC(=O)OC4CCOC4)cc3s2)c2ncc(OC(F)F)nc2c1. The maximum absolute atomic E-state index is 12.6. The number of alkyl halides is 2. The van der Waals surface area contributed by atoms with Crippen LogP contribution in [0.25, 0.3) is 31.8 Å². The smallest absolute Gasteiger partial charge is 0.407 e. The number of amides is 1. The van der Waals surface area contributed by atoms with Crippen LogP contribution in [0.2, 0.25) is 0 Å². The van der Waals surface area contributed by atoms with Crippen molar-refractivity contribution < 1.29 is 32.5 Å². The first-order valence-electron chi connectivity index (χ1n) is 11.2. The number of aromatic nitrogens is 3. The molecule has 12 heteroatoms. The Hall–Kier alpha value is -3.64. The molecule has 2 aromatic carbocycles. The van der Waals surface area contributed by atoms with Gasteiger partial charge in [-0.15, -0.1) is 11.3 Å². The maximum Gasteiger partial charge on any atom is 0.407 e. The van der Waals surface area contributed by atoms with E-state index in [1.807, 2.05) is 31.2 Å². The van der Waals surface area contributed by atoms with E-state index in [4.69, 9.17) is 19.2 Å². The van der Waals surface area contributed by atoms with Crippen LogP contribution in [0.15, 0.2) is 36.5 Å². The van der Waals surface area contributed by atoms with Crippen molar-refractivity contribution in [2.24, 2.45) is 0 Å². The van der Waals surface area contributed by atoms with Gasteiger partial charge < -0.3 is 24.3 Å². The Balaban J connectivity index is 1.28. The van der Waals surface area contributed by atoms with Gasteiger partial charge in [0.15, 0.2) is 0 Å². The average Bonchev–Trinajstić information content (AvgIpc) is 3.50. The maximum atomic E-state index is 12.6. The van der Waals surface area contributed by atoms with Crippen molar-refractivity contribution in [3.63, 3.8) is 0 Å². The Kier molecular flexibility index (Phi) is 7.05. The van der Waals surface area contributed by atoms with Gasteiger partial charge in [-0.1, -0.05) is 0 Å². The van der Waals surface area contributed by atoms with Crippen molar-refractivity contribution in [1.29, 1.82) is 0 Å². The molecule has 4 aromatic rings. The van der Waals surface area contributed by atoms with Crippen molar-refractivity contribution >= 4 is 38.7 Å². The fourth-order valence-corrected chi connectivity index (χ4v) is 4.80. The average molecular weight is 517 g/mol. The fourth-order valence-electron chi connectivity index (χ4n) is 3.79. The van der Waals surface area contributed by atoms with Gasteiger partial charge in [-0.05, 0) is 42.8 Å². The van der Waals surface area contributed by atoms with Crippen LogP contribution in [-0.4, -0.2) is 60.1 Å². The van der Waals surface area contributed by atoms with Crippen molar-refractivity contribution in [3.05, 3.63) is 42.1 Å². The quantitative estimate of drug-likeness (QED) is 0.336. The molecule has 0 aliphatic carbocycles. The summed E-state index contributed by atoms with van der Waals surface area (Å²) >= 11 is 1.45. The third-order valence-corrected chi connectivity index (χ3v) is 6.42. The highest BCUT2D eigenvalue weighted by Gasteiger charge is 2.19. The minimum absolute atomic E-state index is 0.196. The number of thiazole rings is 1. The van der Waals surface area contributed by atoms with E-state index >= 15 is 0 Å². The summed E-state index contributed by atoms with van der Waals surface area (Å²) in [6.45, 7) is 0.514. The van der Waals surface area contributed by atoms with Gasteiger partial charge in [0.1, 0.15) is 23.5 Å². The molecule has 1 atom stereocenters. The first-order chi connectivity index (χ1) is 17.4. The summed E-state index contributed by atoms with van der Waals surface area (Å²) in [5, 5.41) is 3.38. The van der Waals surface area contributed by atoms with Gasteiger partial charge >= 0.3 is 12.7 Å². The molecule has 1 aliphatic heterocycles. The van der Waals surface area contributed by atoms with Crippen molar-refractivity contribution in [2.45, 2.75) is 26.1 Å². The molecular weight excluding hydrogens is 494 g/mol. The number of nitrogens with one attached hydrogen (secondary N) is 1. The Morgan fingerprint density at radius 1 is 1.25 bits per heavy atom. The van der Waals surface area contributed by atoms with Gasteiger partial charge in [-0.2, -0.15) is 8.78 Å². The molecule has 1 unspecified atom stereocenters. The second kappa shape index (κ2) is 10.5. The third kappa shape index (κ3) is 5.60. The number of nitrogens with zero attached hydrogens (tertiary/aromatic N) is 3. The highest BCUT2D eigenvalue weighted by atomic mass is 32.1. The predicted molar refractivity (Wildman–Crippen MR) is 129 cm³/mol. The van der Waals surface area contributed by atoms with Crippen molar-refractivity contribution in [3.8, 4) is 22.2 Å². The van der Waals surface area contributed by atoms with Crippen LogP contribution in [0.4, 0.5) is 13.6 Å². The monoisotopic (exact) mass is 516 g/mol. The lowest BCUT2D eigenvalue weighted by molar-refractivity contribution is -0.0528. The summed E-state index contributed by atoms with van der Waals surface area (Å²) in [6.07, 6.45) is 1.20. The lowest BCUT2D eigenvalue weighted by Gasteiger charge is -2.11. The highest BCUT2D eigenvalue weighted by Crippen LogP contribution is 2.36. The van der Waals surface area contributed by atoms with E-state index in [0.29, 0.717) is 48.0 Å². The topological polar surface area (TPSA) is 105 Å². The molecule has 1 N–H and O–H groups in total. The number of halogens is 2. The van der Waals surface area contributed by atoms with E-state index in [1.165, 1.54) is 17.5 Å². The molecule has 0 saturated carbocycles. The number of hydrogen-bond donors (Lipinski definition) is 1. The van der Waals surface area contributed by atoms with E-state index in [9.17, 15) is 13.6 Å². The van der Waals surface area contributed by atoms with E-state index in [2.05, 4.69) is 20.0 Å². The van der Waals surface area contributed by atoms with E-state index < -0.39 is 12.7 Å². The summed E-state index contributed by atoms with van der Waals surface area (Å²) in [4.78, 5) is 25.0. The van der Waals surface area contributed by atoms with E-state index in [1.54, 1.807) is 6.07 Å². The largest absolute Gasteiger partial charge is 0.492 e. The molecule has 1 amide bonds. The van der Waals surface area contributed by atoms with Crippen LogP contribution in [0, 0.1) is 6.92 Å². The molecule has 3 heterocycles. The van der Waals surface area contributed by atoms with Crippen LogP contribution >= 0.6 is 11.3 Å². The number of aryl methyl sites for hydroxylation is 1. The minimum Gasteiger partial charge on any atom is -0.492 e. The molecule has 1 fully saturated rings. The summed E-state index contributed by atoms with van der Waals surface area (Å²) in [5.41, 5.74) is 3.40. The Morgan fingerprint density at radius 2 is 2.14 bits per heavy atom. The Morgan fingerprint density at radius 3 is 2.94 bits per heavy atom. The molecule has 1 aliphatic rings. The number of ether oxygens (including phenoxy) is 4. The zero-order valence-corrected chi connectivity index (χ0v) is 20.0. The molecule has 188 valence electrons. The zero-order chi connectivity index (χ0) is 25.1. The predicted octanol–water partition coefficient (Wildman–Crippen LogP) is 4.71. The molecule has 0 spiro atoms.